The Morgan fingerprint density at radius 2 is 1.91 bits per heavy atom. The van der Waals surface area contributed by atoms with Crippen molar-refractivity contribution in [3.63, 3.8) is 0 Å². The fraction of sp³-hybridized carbons (Fsp3) is 0.800. The third-order valence-corrected chi connectivity index (χ3v) is 3.76. The number of carbonyl (C=O) groups is 1. The fourth-order valence-corrected chi connectivity index (χ4v) is 1.53. The van der Waals surface area contributed by atoms with Gasteiger partial charge in [-0.3, -0.25) is 9.36 Å². The Morgan fingerprint density at radius 1 is 1.45 bits per heavy atom. The summed E-state index contributed by atoms with van der Waals surface area (Å²) in [6.07, 6.45) is 0.877. The van der Waals surface area contributed by atoms with Crippen LogP contribution in [0.5, 0.6) is 0 Å². The van der Waals surface area contributed by atoms with E-state index in [1.54, 1.807) is 13.8 Å². The van der Waals surface area contributed by atoms with Gasteiger partial charge >= 0.3 is 5.24 Å². The molecule has 1 amide bonds. The molecular weight excluding hydrogens is 183 g/mol. The van der Waals surface area contributed by atoms with Crippen LogP contribution < -0.4 is 0 Å². The first-order chi connectivity index (χ1) is 5.04. The Balaban J connectivity index is 4.31. The fourth-order valence-electron chi connectivity index (χ4n) is 0.470. The van der Waals surface area contributed by atoms with Crippen molar-refractivity contribution in [1.29, 1.82) is 0 Å². The Hall–Kier alpha value is -0.150. The first-order valence-corrected chi connectivity index (χ1v) is 5.76. The van der Waals surface area contributed by atoms with Gasteiger partial charge in [0.15, 0.2) is 0 Å². The van der Waals surface area contributed by atoms with Crippen molar-refractivity contribution in [2.24, 2.45) is 10.00 Å². The monoisotopic (exact) mass is 194 g/mol. The zero-order valence-corrected chi connectivity index (χ0v) is 8.31. The Labute approximate surface area is 71.3 Å². The van der Waals surface area contributed by atoms with E-state index in [9.17, 15) is 9.36 Å². The summed E-state index contributed by atoms with van der Waals surface area (Å²) in [5.41, 5.74) is 0. The van der Waals surface area contributed by atoms with Gasteiger partial charge in [0, 0.05) is 12.3 Å². The van der Waals surface area contributed by atoms with Crippen LogP contribution in [0, 0.1) is 0 Å². The largest absolute Gasteiger partial charge is 0.320 e. The van der Waals surface area contributed by atoms with Gasteiger partial charge in [0.1, 0.15) is 0 Å². The molecule has 0 unspecified atom stereocenters. The zero-order valence-electron chi connectivity index (χ0n) is 6.52. The highest BCUT2D eigenvalue weighted by atomic mass is 32.1. The lowest BCUT2D eigenvalue weighted by Crippen LogP contribution is -1.84. The maximum absolute atomic E-state index is 11.4. The average Bonchev–Trinajstić information content (AvgIpc) is 2.00. The summed E-state index contributed by atoms with van der Waals surface area (Å²) in [6.45, 7) is 3.51. The maximum Gasteiger partial charge on any atom is 0.320 e. The molecule has 0 bridgehead atoms. The first kappa shape index (κ1) is 10.8. The average molecular weight is 194 g/mol. The van der Waals surface area contributed by atoms with E-state index in [1.165, 1.54) is 0 Å². The molecule has 6 heteroatoms. The highest BCUT2D eigenvalue weighted by molar-refractivity contribution is 7.96. The van der Waals surface area contributed by atoms with E-state index < -0.39 is 12.5 Å². The molecule has 4 nitrogen and oxygen atoms in total. The van der Waals surface area contributed by atoms with Gasteiger partial charge in [-0.2, -0.15) is 0 Å². The predicted octanol–water partition coefficient (Wildman–Crippen LogP) is 2.81. The van der Waals surface area contributed by atoms with Gasteiger partial charge in [0.05, 0.1) is 0 Å². The Kier molecular flexibility index (Phi) is 4.61. The predicted molar refractivity (Wildman–Crippen MR) is 47.9 cm³/mol. The van der Waals surface area contributed by atoms with Crippen molar-refractivity contribution in [2.75, 3.05) is 12.3 Å². The van der Waals surface area contributed by atoms with Gasteiger partial charge < -0.3 is 0 Å². The van der Waals surface area contributed by atoms with E-state index in [4.69, 9.17) is 0 Å². The van der Waals surface area contributed by atoms with Crippen LogP contribution in [0.15, 0.2) is 10.00 Å². The first-order valence-electron chi connectivity index (χ1n) is 3.28. The molecule has 0 heterocycles. The van der Waals surface area contributed by atoms with Crippen LogP contribution >= 0.6 is 19.9 Å². The third-order valence-electron chi connectivity index (χ3n) is 1.28. The molecule has 0 aliphatic rings. The number of carbonyl (C=O) groups excluding carboxylic acids is 1. The molecule has 0 atom stereocenters. The van der Waals surface area contributed by atoms with Crippen LogP contribution in [0.25, 0.3) is 0 Å². The van der Waals surface area contributed by atoms with E-state index >= 15 is 0 Å². The molecule has 0 saturated heterocycles. The minimum absolute atomic E-state index is 0.439. The van der Waals surface area contributed by atoms with Crippen molar-refractivity contribution in [1.82, 2.24) is 0 Å². The topological polar surface area (TPSA) is 58.9 Å². The van der Waals surface area contributed by atoms with Gasteiger partial charge in [0.2, 0.25) is 7.29 Å². The van der Waals surface area contributed by atoms with E-state index in [0.29, 0.717) is 12.3 Å². The summed E-state index contributed by atoms with van der Waals surface area (Å²) >= 11 is 3.37. The summed E-state index contributed by atoms with van der Waals surface area (Å²) in [5.74, 6) is 0. The minimum atomic E-state index is -2.55. The Bertz CT molecular complexity index is 209. The second-order valence-corrected chi connectivity index (χ2v) is 5.47. The number of hydrogen-bond acceptors (Lipinski definition) is 2. The molecule has 0 radical (unpaired) electrons. The highest BCUT2D eigenvalue weighted by Crippen LogP contribution is 2.46. The lowest BCUT2D eigenvalue weighted by molar-refractivity contribution is 0.267. The van der Waals surface area contributed by atoms with Crippen LogP contribution in [0.4, 0.5) is 4.79 Å². The molecule has 0 aromatic heterocycles. The smallest absolute Gasteiger partial charge is 0.297 e. The molecule has 0 spiro atoms. The van der Waals surface area contributed by atoms with Crippen LogP contribution in [0.1, 0.15) is 13.8 Å². The summed E-state index contributed by atoms with van der Waals surface area (Å²) < 4.78 is 11.4. The van der Waals surface area contributed by atoms with E-state index in [1.807, 2.05) is 0 Å². The number of amides is 1. The molecule has 0 aliphatic carbocycles. The quantitative estimate of drug-likeness (QED) is 0.426. The van der Waals surface area contributed by atoms with Crippen LogP contribution in [0.2, 0.25) is 0 Å². The summed E-state index contributed by atoms with van der Waals surface area (Å²) in [6, 6.07) is 0. The maximum atomic E-state index is 11.4. The van der Waals surface area contributed by atoms with Gasteiger partial charge in [0.25, 0.3) is 0 Å². The molecular formula is C5H11N2O2PS. The van der Waals surface area contributed by atoms with Gasteiger partial charge in [-0.25, -0.2) is 0 Å². The molecule has 0 fully saturated rings. The molecule has 0 aliphatic heterocycles. The molecule has 0 rings (SSSR count). The SMILES string of the molecule is CCP(=O)(CC)N=NC(=O)S. The van der Waals surface area contributed by atoms with E-state index in [0.717, 1.165) is 0 Å². The number of rotatable bonds is 3. The third kappa shape index (κ3) is 4.32. The van der Waals surface area contributed by atoms with Crippen molar-refractivity contribution < 1.29 is 9.36 Å². The molecule has 0 aromatic rings. The van der Waals surface area contributed by atoms with Crippen molar-refractivity contribution in [3.05, 3.63) is 0 Å². The summed E-state index contributed by atoms with van der Waals surface area (Å²) in [7, 11) is -2.55. The second-order valence-electron chi connectivity index (χ2n) is 1.95. The van der Waals surface area contributed by atoms with Gasteiger partial charge in [-0.1, -0.05) is 31.6 Å². The highest BCUT2D eigenvalue weighted by Gasteiger charge is 2.15. The van der Waals surface area contributed by atoms with Crippen LogP contribution in [-0.4, -0.2) is 17.6 Å². The number of nitrogens with zero attached hydrogens (tertiary/aromatic N) is 2. The molecule has 0 N–H and O–H groups in total. The number of thiol groups is 1. The van der Waals surface area contributed by atoms with Crippen LogP contribution in [-0.2, 0) is 4.57 Å². The van der Waals surface area contributed by atoms with Crippen molar-refractivity contribution in [3.8, 4) is 0 Å². The zero-order chi connectivity index (χ0) is 8.91. The molecule has 11 heavy (non-hydrogen) atoms. The standard InChI is InChI=1S/C5H11N2O2PS/c1-3-10(9,4-2)7-6-5(8)11/h3-4H2,1-2H3,(H,8,11). The van der Waals surface area contributed by atoms with Crippen molar-refractivity contribution in [2.45, 2.75) is 13.8 Å². The lowest BCUT2D eigenvalue weighted by Gasteiger charge is -2.03. The van der Waals surface area contributed by atoms with Crippen molar-refractivity contribution >= 4 is 25.2 Å². The summed E-state index contributed by atoms with van der Waals surface area (Å²) in [4.78, 5) is 13.7. The van der Waals surface area contributed by atoms with E-state index in [2.05, 4.69) is 22.6 Å². The van der Waals surface area contributed by atoms with Gasteiger partial charge in [-0.15, -0.1) is 4.88 Å². The normalized spacial score (nSPS) is 12.3. The molecule has 0 aromatic carbocycles. The molecule has 0 saturated carbocycles. The van der Waals surface area contributed by atoms with Crippen LogP contribution in [0.3, 0.4) is 0 Å². The minimum Gasteiger partial charge on any atom is -0.297 e. The lowest BCUT2D eigenvalue weighted by atomic mass is 11.0. The second kappa shape index (κ2) is 4.67. The number of hydrogen-bond donors (Lipinski definition) is 1. The summed E-state index contributed by atoms with van der Waals surface area (Å²) in [5, 5.41) is 2.42. The van der Waals surface area contributed by atoms with E-state index in [-0.39, 0.29) is 0 Å². The van der Waals surface area contributed by atoms with Gasteiger partial charge in [-0.05, 0) is 0 Å². The molecule has 64 valence electrons. The Morgan fingerprint density at radius 3 is 2.18 bits per heavy atom.